The van der Waals surface area contributed by atoms with E-state index in [2.05, 4.69) is 0 Å². The van der Waals surface area contributed by atoms with E-state index in [9.17, 15) is 24.7 Å². The fraction of sp³-hybridized carbons (Fsp3) is 0. The first-order chi connectivity index (χ1) is 8.49. The van der Waals surface area contributed by atoms with Gasteiger partial charge < -0.3 is 10.2 Å². The molecule has 0 spiro atoms. The number of rotatable bonds is 2. The molecule has 0 aliphatic carbocycles. The molecule has 92 valence electrons. The quantitative estimate of drug-likeness (QED) is 0.633. The molecule has 2 aromatic carbocycles. The molecule has 18 heavy (non-hydrogen) atoms. The van der Waals surface area contributed by atoms with Gasteiger partial charge in [0.25, 0.3) is 0 Å². The van der Waals surface area contributed by atoms with Gasteiger partial charge in [0.05, 0.1) is 4.92 Å². The van der Waals surface area contributed by atoms with Crippen molar-refractivity contribution in [1.29, 1.82) is 0 Å². The largest absolute Gasteiger partial charge is 0.507 e. The first-order valence-corrected chi connectivity index (χ1v) is 4.95. The molecule has 0 amide bonds. The number of benzene rings is 2. The van der Waals surface area contributed by atoms with Crippen LogP contribution in [0.15, 0.2) is 36.4 Å². The van der Waals surface area contributed by atoms with Gasteiger partial charge in [-0.3, -0.25) is 10.1 Å². The maximum atomic E-state index is 13.1. The molecule has 0 fully saturated rings. The summed E-state index contributed by atoms with van der Waals surface area (Å²) in [6, 6.07) is 6.85. The highest BCUT2D eigenvalue weighted by molar-refractivity contribution is 5.73. The summed E-state index contributed by atoms with van der Waals surface area (Å²) >= 11 is 0. The van der Waals surface area contributed by atoms with E-state index < -0.39 is 22.2 Å². The lowest BCUT2D eigenvalue weighted by atomic mass is 10.0. The number of nitro benzene ring substituents is 1. The van der Waals surface area contributed by atoms with E-state index >= 15 is 0 Å². The van der Waals surface area contributed by atoms with E-state index in [0.717, 1.165) is 30.3 Å². The second kappa shape index (κ2) is 4.33. The highest BCUT2D eigenvalue weighted by atomic mass is 19.1. The summed E-state index contributed by atoms with van der Waals surface area (Å²) in [4.78, 5) is 9.91. The van der Waals surface area contributed by atoms with Gasteiger partial charge in [0.2, 0.25) is 0 Å². The van der Waals surface area contributed by atoms with Crippen LogP contribution in [0, 0.1) is 15.9 Å². The zero-order chi connectivity index (χ0) is 13.3. The van der Waals surface area contributed by atoms with Crippen LogP contribution in [0.4, 0.5) is 10.1 Å². The predicted molar refractivity (Wildman–Crippen MR) is 61.8 cm³/mol. The van der Waals surface area contributed by atoms with Gasteiger partial charge in [0, 0.05) is 11.6 Å². The van der Waals surface area contributed by atoms with Crippen LogP contribution in [0.3, 0.4) is 0 Å². The lowest BCUT2D eigenvalue weighted by Gasteiger charge is -2.05. The normalized spacial score (nSPS) is 10.3. The Labute approximate surface area is 101 Å². The molecule has 0 saturated carbocycles. The van der Waals surface area contributed by atoms with Crippen LogP contribution in [0.2, 0.25) is 0 Å². The molecule has 0 heterocycles. The van der Waals surface area contributed by atoms with Crippen molar-refractivity contribution >= 4 is 5.69 Å². The minimum Gasteiger partial charge on any atom is -0.507 e. The van der Waals surface area contributed by atoms with E-state index in [1.54, 1.807) is 0 Å². The van der Waals surface area contributed by atoms with Gasteiger partial charge in [-0.25, -0.2) is 4.39 Å². The number of phenols is 2. The van der Waals surface area contributed by atoms with Crippen molar-refractivity contribution < 1.29 is 19.5 Å². The van der Waals surface area contributed by atoms with Crippen LogP contribution >= 0.6 is 0 Å². The van der Waals surface area contributed by atoms with Crippen LogP contribution in [0.25, 0.3) is 11.1 Å². The number of aromatic hydroxyl groups is 2. The molecule has 6 heteroatoms. The Balaban J connectivity index is 2.61. The zero-order valence-corrected chi connectivity index (χ0v) is 9.00. The summed E-state index contributed by atoms with van der Waals surface area (Å²) in [6.07, 6.45) is 0. The SMILES string of the molecule is O=[N+]([O-])c1cc(-c2cc(F)ccc2O)ccc1O. The maximum Gasteiger partial charge on any atom is 0.311 e. The molecular formula is C12H8FNO4. The van der Waals surface area contributed by atoms with Crippen molar-refractivity contribution in [3.8, 4) is 22.6 Å². The topological polar surface area (TPSA) is 83.6 Å². The van der Waals surface area contributed by atoms with Crippen LogP contribution in [0.1, 0.15) is 0 Å². The van der Waals surface area contributed by atoms with Gasteiger partial charge in [-0.1, -0.05) is 6.07 Å². The van der Waals surface area contributed by atoms with Crippen molar-refractivity contribution in [3.63, 3.8) is 0 Å². The Morgan fingerprint density at radius 2 is 1.72 bits per heavy atom. The van der Waals surface area contributed by atoms with Gasteiger partial charge >= 0.3 is 5.69 Å². The number of hydrogen-bond donors (Lipinski definition) is 2. The summed E-state index contributed by atoms with van der Waals surface area (Å²) in [5, 5.41) is 29.6. The van der Waals surface area contributed by atoms with E-state index in [0.29, 0.717) is 0 Å². The zero-order valence-electron chi connectivity index (χ0n) is 9.00. The Bertz CT molecular complexity index is 627. The van der Waals surface area contributed by atoms with E-state index in [-0.39, 0.29) is 16.9 Å². The number of halogens is 1. The first-order valence-electron chi connectivity index (χ1n) is 4.95. The highest BCUT2D eigenvalue weighted by Crippen LogP contribution is 2.35. The summed E-state index contributed by atoms with van der Waals surface area (Å²) in [6.45, 7) is 0. The summed E-state index contributed by atoms with van der Waals surface area (Å²) < 4.78 is 13.1. The Kier molecular flexibility index (Phi) is 2.85. The molecule has 0 aliphatic heterocycles. The number of phenolic OH excluding ortho intramolecular Hbond substituents is 2. The molecule has 0 radical (unpaired) electrons. The second-order valence-corrected chi connectivity index (χ2v) is 3.62. The standard InChI is InChI=1S/C12H8FNO4/c13-8-2-4-11(15)9(6-8)7-1-3-12(16)10(5-7)14(17)18/h1-6,15-16H. The molecule has 2 N–H and O–H groups in total. The Morgan fingerprint density at radius 1 is 1.06 bits per heavy atom. The number of nitro groups is 1. The lowest BCUT2D eigenvalue weighted by Crippen LogP contribution is -1.90. The van der Waals surface area contributed by atoms with E-state index in [4.69, 9.17) is 0 Å². The molecule has 0 bridgehead atoms. The minimum atomic E-state index is -0.755. The van der Waals surface area contributed by atoms with Gasteiger partial charge in [-0.05, 0) is 29.8 Å². The summed E-state index contributed by atoms with van der Waals surface area (Å²) in [7, 11) is 0. The third kappa shape index (κ3) is 2.08. The van der Waals surface area contributed by atoms with Crippen molar-refractivity contribution in [1.82, 2.24) is 0 Å². The highest BCUT2D eigenvalue weighted by Gasteiger charge is 2.16. The Morgan fingerprint density at radius 3 is 2.39 bits per heavy atom. The summed E-state index contributed by atoms with van der Waals surface area (Å²) in [5.41, 5.74) is -0.134. The minimum absolute atomic E-state index is 0.123. The Hall–Kier alpha value is -2.63. The maximum absolute atomic E-state index is 13.1. The fourth-order valence-corrected chi connectivity index (χ4v) is 1.58. The van der Waals surface area contributed by atoms with Crippen LogP contribution in [0.5, 0.6) is 11.5 Å². The monoisotopic (exact) mass is 249 g/mol. The van der Waals surface area contributed by atoms with E-state index in [1.165, 1.54) is 6.07 Å². The summed E-state index contributed by atoms with van der Waals surface area (Å²) in [5.74, 6) is -1.26. The third-order valence-electron chi connectivity index (χ3n) is 2.44. The number of nitrogens with zero attached hydrogens (tertiary/aromatic N) is 1. The fourth-order valence-electron chi connectivity index (χ4n) is 1.58. The van der Waals surface area contributed by atoms with Crippen LogP contribution in [-0.2, 0) is 0 Å². The average molecular weight is 249 g/mol. The van der Waals surface area contributed by atoms with E-state index in [1.807, 2.05) is 0 Å². The van der Waals surface area contributed by atoms with Gasteiger partial charge in [0.1, 0.15) is 11.6 Å². The molecule has 5 nitrogen and oxygen atoms in total. The molecule has 0 aliphatic rings. The molecule has 0 saturated heterocycles. The van der Waals surface area contributed by atoms with Gasteiger partial charge in [0.15, 0.2) is 5.75 Å². The van der Waals surface area contributed by atoms with Crippen molar-refractivity contribution in [3.05, 3.63) is 52.3 Å². The van der Waals surface area contributed by atoms with Gasteiger partial charge in [-0.2, -0.15) is 0 Å². The lowest BCUT2D eigenvalue weighted by molar-refractivity contribution is -0.385. The van der Waals surface area contributed by atoms with Gasteiger partial charge in [-0.15, -0.1) is 0 Å². The molecule has 0 aromatic heterocycles. The van der Waals surface area contributed by atoms with Crippen molar-refractivity contribution in [2.75, 3.05) is 0 Å². The average Bonchev–Trinajstić information content (AvgIpc) is 2.33. The molecule has 0 atom stereocenters. The predicted octanol–water partition coefficient (Wildman–Crippen LogP) is 2.81. The molecule has 0 unspecified atom stereocenters. The smallest absolute Gasteiger partial charge is 0.311 e. The third-order valence-corrected chi connectivity index (χ3v) is 2.44. The van der Waals surface area contributed by atoms with Crippen LogP contribution < -0.4 is 0 Å². The molecule has 2 aromatic rings. The second-order valence-electron chi connectivity index (χ2n) is 3.62. The first kappa shape index (κ1) is 11.8. The molecule has 2 rings (SSSR count). The van der Waals surface area contributed by atoms with Crippen LogP contribution in [-0.4, -0.2) is 15.1 Å². The van der Waals surface area contributed by atoms with Crippen molar-refractivity contribution in [2.24, 2.45) is 0 Å². The number of hydrogen-bond acceptors (Lipinski definition) is 4. The van der Waals surface area contributed by atoms with Crippen molar-refractivity contribution in [2.45, 2.75) is 0 Å². The molecular weight excluding hydrogens is 241 g/mol.